The van der Waals surface area contributed by atoms with E-state index in [1.165, 1.54) is 18.3 Å². The standard InChI is InChI=1S/C33H44F3N5O7Si/c1-32(2,3)48-31(44)40-27(20-47-19-22-11-9-8-10-12-22)28-38-26(18-41(28)21-46-15-16-49(5,6)7)24-14-13-23(37-30(43)45-4)17-25(24)39-29(42)33(34,35)36/h8-14,17-18,27H,15-16,19-21H2,1-7H3,(H,37,43)(H,39,42)(H,40,44)/t27-/m0/s1. The quantitative estimate of drug-likeness (QED) is 0.117. The van der Waals surface area contributed by atoms with Crippen LogP contribution in [0.3, 0.4) is 0 Å². The zero-order valence-electron chi connectivity index (χ0n) is 28.7. The van der Waals surface area contributed by atoms with Gasteiger partial charge in [0.15, 0.2) is 0 Å². The first-order chi connectivity index (χ1) is 22.8. The minimum atomic E-state index is -5.20. The van der Waals surface area contributed by atoms with Crippen LogP contribution >= 0.6 is 0 Å². The monoisotopic (exact) mass is 707 g/mol. The second-order valence-corrected chi connectivity index (χ2v) is 19.0. The number of anilines is 2. The number of rotatable bonds is 14. The molecule has 268 valence electrons. The topological polar surface area (TPSA) is 142 Å². The lowest BCUT2D eigenvalue weighted by Crippen LogP contribution is -2.38. The number of carbonyl (C=O) groups excluding carboxylic acids is 3. The fraction of sp³-hybridized carbons (Fsp3) is 0.455. The van der Waals surface area contributed by atoms with Crippen molar-refractivity contribution in [1.29, 1.82) is 0 Å². The highest BCUT2D eigenvalue weighted by Gasteiger charge is 2.39. The summed E-state index contributed by atoms with van der Waals surface area (Å²) >= 11 is 0. The van der Waals surface area contributed by atoms with Gasteiger partial charge in [-0.2, -0.15) is 13.2 Å². The molecular formula is C33H44F3N5O7Si. The summed E-state index contributed by atoms with van der Waals surface area (Å²) in [7, 11) is -0.320. The summed E-state index contributed by atoms with van der Waals surface area (Å²) in [6, 6.07) is 13.3. The molecule has 3 aromatic rings. The van der Waals surface area contributed by atoms with Crippen molar-refractivity contribution >= 4 is 37.5 Å². The molecule has 2 aromatic carbocycles. The molecule has 12 nitrogen and oxygen atoms in total. The van der Waals surface area contributed by atoms with E-state index in [0.717, 1.165) is 24.8 Å². The Hall–Kier alpha value is -4.41. The third-order valence-corrected chi connectivity index (χ3v) is 8.37. The average Bonchev–Trinajstić information content (AvgIpc) is 3.41. The Morgan fingerprint density at radius 3 is 2.27 bits per heavy atom. The van der Waals surface area contributed by atoms with Crippen LogP contribution < -0.4 is 16.0 Å². The van der Waals surface area contributed by atoms with E-state index in [1.54, 1.807) is 25.3 Å². The van der Waals surface area contributed by atoms with Crippen molar-refractivity contribution in [3.8, 4) is 11.3 Å². The Morgan fingerprint density at radius 2 is 1.65 bits per heavy atom. The van der Waals surface area contributed by atoms with Crippen LogP contribution in [0.5, 0.6) is 0 Å². The number of alkyl carbamates (subject to hydrolysis) is 1. The number of imidazole rings is 1. The average molecular weight is 708 g/mol. The highest BCUT2D eigenvalue weighted by atomic mass is 28.3. The fourth-order valence-electron chi connectivity index (χ4n) is 4.29. The van der Waals surface area contributed by atoms with Gasteiger partial charge >= 0.3 is 24.3 Å². The summed E-state index contributed by atoms with van der Waals surface area (Å²) < 4.78 is 63.7. The molecule has 1 aromatic heterocycles. The van der Waals surface area contributed by atoms with Gasteiger partial charge in [0.25, 0.3) is 0 Å². The molecule has 1 atom stereocenters. The SMILES string of the molecule is COC(=O)Nc1ccc(-c2cn(COCC[Si](C)(C)C)c([C@H](COCc3ccccc3)NC(=O)OC(C)(C)C)n2)c(NC(=O)C(F)(F)F)c1. The predicted octanol–water partition coefficient (Wildman–Crippen LogP) is 7.32. The van der Waals surface area contributed by atoms with Gasteiger partial charge in [-0.1, -0.05) is 50.0 Å². The van der Waals surface area contributed by atoms with Crippen LogP contribution in [0.15, 0.2) is 54.7 Å². The van der Waals surface area contributed by atoms with Gasteiger partial charge in [0.1, 0.15) is 24.2 Å². The van der Waals surface area contributed by atoms with E-state index in [-0.39, 0.29) is 48.4 Å². The van der Waals surface area contributed by atoms with E-state index >= 15 is 0 Å². The lowest BCUT2D eigenvalue weighted by atomic mass is 10.1. The van der Waals surface area contributed by atoms with Crippen LogP contribution in [0.25, 0.3) is 11.3 Å². The molecule has 0 bridgehead atoms. The smallest absolute Gasteiger partial charge is 0.453 e. The lowest BCUT2D eigenvalue weighted by molar-refractivity contribution is -0.167. The number of methoxy groups -OCH3 is 1. The van der Waals surface area contributed by atoms with Gasteiger partial charge in [-0.05, 0) is 50.6 Å². The van der Waals surface area contributed by atoms with E-state index in [1.807, 2.05) is 35.6 Å². The van der Waals surface area contributed by atoms with E-state index in [0.29, 0.717) is 6.61 Å². The Kier molecular flexibility index (Phi) is 13.4. The van der Waals surface area contributed by atoms with E-state index in [4.69, 9.17) is 19.2 Å². The van der Waals surface area contributed by atoms with Crippen LogP contribution in [-0.4, -0.2) is 67.8 Å². The van der Waals surface area contributed by atoms with E-state index in [9.17, 15) is 27.6 Å². The van der Waals surface area contributed by atoms with Crippen molar-refractivity contribution in [1.82, 2.24) is 14.9 Å². The van der Waals surface area contributed by atoms with Crippen molar-refractivity contribution in [2.24, 2.45) is 0 Å². The van der Waals surface area contributed by atoms with Crippen LogP contribution in [0, 0.1) is 0 Å². The van der Waals surface area contributed by atoms with Gasteiger partial charge in [0.05, 0.1) is 31.7 Å². The number of alkyl halides is 3. The highest BCUT2D eigenvalue weighted by molar-refractivity contribution is 6.76. The molecule has 0 saturated heterocycles. The first kappa shape index (κ1) is 39.0. The number of amides is 3. The van der Waals surface area contributed by atoms with Crippen LogP contribution in [0.2, 0.25) is 25.7 Å². The number of nitrogens with one attached hydrogen (secondary N) is 3. The molecule has 0 radical (unpaired) electrons. The number of carbonyl (C=O) groups is 3. The number of aromatic nitrogens is 2. The molecule has 3 rings (SSSR count). The first-order valence-corrected chi connectivity index (χ1v) is 19.2. The summed E-state index contributed by atoms with van der Waals surface area (Å²) in [6.07, 6.45) is -5.27. The summed E-state index contributed by atoms with van der Waals surface area (Å²) in [4.78, 5) is 41.6. The predicted molar refractivity (Wildman–Crippen MR) is 181 cm³/mol. The summed E-state index contributed by atoms with van der Waals surface area (Å²) in [5, 5.41) is 7.04. The number of nitrogens with zero attached hydrogens (tertiary/aromatic N) is 2. The second kappa shape index (κ2) is 16.8. The van der Waals surface area contributed by atoms with Crippen molar-refractivity contribution in [2.45, 2.75) is 77.6 Å². The number of benzene rings is 2. The molecule has 0 aliphatic rings. The Labute approximate surface area is 284 Å². The molecule has 3 amide bonds. The third-order valence-electron chi connectivity index (χ3n) is 6.67. The molecule has 3 N–H and O–H groups in total. The third kappa shape index (κ3) is 13.2. The molecule has 0 saturated carbocycles. The maximum atomic E-state index is 13.3. The molecule has 49 heavy (non-hydrogen) atoms. The van der Waals surface area contributed by atoms with Crippen molar-refractivity contribution < 1.29 is 46.5 Å². The van der Waals surface area contributed by atoms with Crippen molar-refractivity contribution in [3.05, 3.63) is 66.1 Å². The minimum Gasteiger partial charge on any atom is -0.453 e. The Bertz CT molecular complexity index is 1570. The van der Waals surface area contributed by atoms with Gasteiger partial charge in [-0.15, -0.1) is 0 Å². The maximum absolute atomic E-state index is 13.3. The van der Waals surface area contributed by atoms with Gasteiger partial charge < -0.3 is 34.1 Å². The Morgan fingerprint density at radius 1 is 0.959 bits per heavy atom. The van der Waals surface area contributed by atoms with E-state index < -0.39 is 44.0 Å². The number of ether oxygens (including phenoxy) is 4. The summed E-state index contributed by atoms with van der Waals surface area (Å²) in [6.45, 7) is 12.4. The van der Waals surface area contributed by atoms with Crippen LogP contribution in [0.1, 0.15) is 38.2 Å². The number of hydrogen-bond acceptors (Lipinski definition) is 8. The number of hydrogen-bond donors (Lipinski definition) is 3. The zero-order chi connectivity index (χ0) is 36.4. The summed E-state index contributed by atoms with van der Waals surface area (Å²) in [5.41, 5.74) is 0.0838. The molecule has 1 heterocycles. The molecule has 0 spiro atoms. The molecule has 0 unspecified atom stereocenters. The molecule has 0 aliphatic heterocycles. The first-order valence-electron chi connectivity index (χ1n) is 15.5. The zero-order valence-corrected chi connectivity index (χ0v) is 29.7. The van der Waals surface area contributed by atoms with E-state index in [2.05, 4.69) is 35.0 Å². The van der Waals surface area contributed by atoms with Gasteiger partial charge in [-0.25, -0.2) is 14.6 Å². The van der Waals surface area contributed by atoms with Crippen molar-refractivity contribution in [2.75, 3.05) is 31.0 Å². The highest BCUT2D eigenvalue weighted by Crippen LogP contribution is 2.33. The van der Waals surface area contributed by atoms with Crippen LogP contribution in [-0.2, 0) is 37.1 Å². The lowest BCUT2D eigenvalue weighted by Gasteiger charge is -2.24. The minimum absolute atomic E-state index is 0.00970. The number of halogens is 3. The summed E-state index contributed by atoms with van der Waals surface area (Å²) in [5.74, 6) is -1.97. The fourth-order valence-corrected chi connectivity index (χ4v) is 5.05. The normalized spacial score (nSPS) is 12.6. The molecule has 0 fully saturated rings. The maximum Gasteiger partial charge on any atom is 0.471 e. The van der Waals surface area contributed by atoms with Gasteiger partial charge in [-0.3, -0.25) is 10.1 Å². The second-order valence-electron chi connectivity index (χ2n) is 13.3. The van der Waals surface area contributed by atoms with Gasteiger partial charge in [0, 0.05) is 32.1 Å². The molecule has 0 aliphatic carbocycles. The molecular weight excluding hydrogens is 663 g/mol. The molecule has 16 heteroatoms. The Balaban J connectivity index is 2.08. The van der Waals surface area contributed by atoms with Gasteiger partial charge in [0.2, 0.25) is 0 Å². The largest absolute Gasteiger partial charge is 0.471 e. The van der Waals surface area contributed by atoms with Crippen molar-refractivity contribution in [3.63, 3.8) is 0 Å². The van der Waals surface area contributed by atoms with Crippen LogP contribution in [0.4, 0.5) is 34.1 Å².